The molecule has 0 spiro atoms. The molecule has 1 fully saturated rings. The molecule has 7 nitrogen and oxygen atoms in total. The van der Waals surface area contributed by atoms with Crippen molar-refractivity contribution in [2.75, 3.05) is 25.1 Å². The molecule has 0 aliphatic carbocycles. The third-order valence-corrected chi connectivity index (χ3v) is 6.13. The first-order chi connectivity index (χ1) is 15.2. The van der Waals surface area contributed by atoms with Crippen molar-refractivity contribution in [1.82, 2.24) is 9.88 Å². The molecule has 1 aromatic heterocycles. The molecule has 0 bridgehead atoms. The van der Waals surface area contributed by atoms with E-state index < -0.39 is 0 Å². The topological polar surface area (TPSA) is 80.8 Å². The van der Waals surface area contributed by atoms with Gasteiger partial charge in [-0.3, -0.25) is 9.59 Å². The van der Waals surface area contributed by atoms with Gasteiger partial charge in [0.25, 0.3) is 0 Å². The van der Waals surface area contributed by atoms with Crippen molar-refractivity contribution in [3.05, 3.63) is 59.5 Å². The van der Waals surface area contributed by atoms with Crippen LogP contribution in [0.5, 0.6) is 11.5 Å². The van der Waals surface area contributed by atoms with Gasteiger partial charge in [-0.25, -0.2) is 4.98 Å². The zero-order valence-electron chi connectivity index (χ0n) is 16.7. The van der Waals surface area contributed by atoms with E-state index >= 15 is 0 Å². The van der Waals surface area contributed by atoms with Crippen molar-refractivity contribution in [3.8, 4) is 22.8 Å². The summed E-state index contributed by atoms with van der Waals surface area (Å²) in [5.41, 5.74) is 2.71. The van der Waals surface area contributed by atoms with Crippen LogP contribution in [0.4, 0.5) is 5.13 Å². The lowest BCUT2D eigenvalue weighted by Gasteiger charge is -2.18. The van der Waals surface area contributed by atoms with E-state index in [1.165, 1.54) is 11.3 Å². The maximum Gasteiger partial charge on any atom is 0.231 e. The minimum Gasteiger partial charge on any atom is -0.486 e. The van der Waals surface area contributed by atoms with Crippen LogP contribution in [0, 0.1) is 5.92 Å². The lowest BCUT2D eigenvalue weighted by atomic mass is 10.1. The van der Waals surface area contributed by atoms with Crippen molar-refractivity contribution in [2.45, 2.75) is 13.0 Å². The molecule has 31 heavy (non-hydrogen) atoms. The van der Waals surface area contributed by atoms with Gasteiger partial charge in [0.1, 0.15) is 13.2 Å². The zero-order valence-corrected chi connectivity index (χ0v) is 17.6. The monoisotopic (exact) mass is 435 g/mol. The van der Waals surface area contributed by atoms with E-state index in [1.54, 1.807) is 4.90 Å². The third-order valence-electron chi connectivity index (χ3n) is 5.37. The summed E-state index contributed by atoms with van der Waals surface area (Å²) in [6, 6.07) is 15.5. The molecule has 2 aromatic carbocycles. The number of rotatable bonds is 5. The Morgan fingerprint density at radius 2 is 1.94 bits per heavy atom. The van der Waals surface area contributed by atoms with E-state index in [0.29, 0.717) is 37.2 Å². The summed E-state index contributed by atoms with van der Waals surface area (Å²) in [5.74, 6) is 0.875. The predicted molar refractivity (Wildman–Crippen MR) is 117 cm³/mol. The second-order valence-electron chi connectivity index (χ2n) is 7.55. The first-order valence-corrected chi connectivity index (χ1v) is 11.0. The molecule has 5 rings (SSSR count). The van der Waals surface area contributed by atoms with Gasteiger partial charge < -0.3 is 19.7 Å². The van der Waals surface area contributed by atoms with E-state index in [4.69, 9.17) is 9.47 Å². The quantitative estimate of drug-likeness (QED) is 0.663. The number of thiazole rings is 1. The van der Waals surface area contributed by atoms with Crippen LogP contribution in [-0.4, -0.2) is 41.5 Å². The fourth-order valence-electron chi connectivity index (χ4n) is 3.78. The maximum atomic E-state index is 12.7. The first kappa shape index (κ1) is 19.6. The SMILES string of the molecule is O=C(Nc1nc(-c2ccc3c(c2)OCCO3)cs1)C1CC(=O)N(Cc2ccccc2)C1. The van der Waals surface area contributed by atoms with Crippen LogP contribution in [0.1, 0.15) is 12.0 Å². The molecular formula is C23H21N3O4S. The van der Waals surface area contributed by atoms with Crippen LogP contribution in [0.15, 0.2) is 53.9 Å². The number of anilines is 1. The number of likely N-dealkylation sites (tertiary alicyclic amines) is 1. The highest BCUT2D eigenvalue weighted by molar-refractivity contribution is 7.14. The van der Waals surface area contributed by atoms with Crippen LogP contribution in [0.3, 0.4) is 0 Å². The molecular weight excluding hydrogens is 414 g/mol. The number of hydrogen-bond donors (Lipinski definition) is 1. The molecule has 1 saturated heterocycles. The number of benzene rings is 2. The largest absolute Gasteiger partial charge is 0.486 e. The van der Waals surface area contributed by atoms with Crippen LogP contribution in [-0.2, 0) is 16.1 Å². The van der Waals surface area contributed by atoms with Crippen LogP contribution < -0.4 is 14.8 Å². The second kappa shape index (κ2) is 8.39. The molecule has 0 saturated carbocycles. The zero-order chi connectivity index (χ0) is 21.2. The number of amides is 2. The average molecular weight is 436 g/mol. The minimum atomic E-state index is -0.377. The van der Waals surface area contributed by atoms with Gasteiger partial charge in [0.15, 0.2) is 16.6 Å². The summed E-state index contributed by atoms with van der Waals surface area (Å²) in [7, 11) is 0. The average Bonchev–Trinajstić information content (AvgIpc) is 3.41. The van der Waals surface area contributed by atoms with Crippen molar-refractivity contribution >= 4 is 28.3 Å². The van der Waals surface area contributed by atoms with Crippen LogP contribution >= 0.6 is 11.3 Å². The summed E-state index contributed by atoms with van der Waals surface area (Å²) >= 11 is 1.36. The summed E-state index contributed by atoms with van der Waals surface area (Å²) in [5, 5.41) is 5.28. The number of carbonyl (C=O) groups is 2. The van der Waals surface area contributed by atoms with Gasteiger partial charge in [0, 0.05) is 30.5 Å². The Kier molecular flexibility index (Phi) is 5.30. The molecule has 3 aromatic rings. The number of carbonyl (C=O) groups excluding carboxylic acids is 2. The van der Waals surface area contributed by atoms with Gasteiger partial charge in [0.05, 0.1) is 11.6 Å². The molecule has 8 heteroatoms. The van der Waals surface area contributed by atoms with E-state index in [9.17, 15) is 9.59 Å². The summed E-state index contributed by atoms with van der Waals surface area (Å²) in [6.07, 6.45) is 0.221. The first-order valence-electron chi connectivity index (χ1n) is 10.1. The lowest BCUT2D eigenvalue weighted by Crippen LogP contribution is -2.28. The summed E-state index contributed by atoms with van der Waals surface area (Å²) in [6.45, 7) is 2.01. The van der Waals surface area contributed by atoms with Crippen molar-refractivity contribution in [1.29, 1.82) is 0 Å². The Balaban J connectivity index is 1.22. The Morgan fingerprint density at radius 1 is 1.13 bits per heavy atom. The van der Waals surface area contributed by atoms with E-state index in [-0.39, 0.29) is 24.2 Å². The van der Waals surface area contributed by atoms with E-state index in [1.807, 2.05) is 53.9 Å². The highest BCUT2D eigenvalue weighted by atomic mass is 32.1. The number of fused-ring (bicyclic) bond motifs is 1. The molecule has 1 N–H and O–H groups in total. The standard InChI is InChI=1S/C23H21N3O4S/c27-21-11-17(13-26(21)12-15-4-2-1-3-5-15)22(28)25-23-24-18(14-31-23)16-6-7-19-20(10-16)30-9-8-29-19/h1-7,10,14,17H,8-9,11-13H2,(H,24,25,28). The van der Waals surface area contributed by atoms with Gasteiger partial charge in [-0.2, -0.15) is 0 Å². The highest BCUT2D eigenvalue weighted by Crippen LogP contribution is 2.35. The maximum absolute atomic E-state index is 12.7. The predicted octanol–water partition coefficient (Wildman–Crippen LogP) is 3.57. The van der Waals surface area contributed by atoms with Gasteiger partial charge in [-0.15, -0.1) is 11.3 Å². The second-order valence-corrected chi connectivity index (χ2v) is 8.40. The van der Waals surface area contributed by atoms with Gasteiger partial charge in [0.2, 0.25) is 11.8 Å². The molecule has 3 heterocycles. The van der Waals surface area contributed by atoms with Crippen molar-refractivity contribution in [3.63, 3.8) is 0 Å². The number of aromatic nitrogens is 1. The number of nitrogens with zero attached hydrogens (tertiary/aromatic N) is 2. The Hall–Kier alpha value is -3.39. The lowest BCUT2D eigenvalue weighted by molar-refractivity contribution is -0.128. The highest BCUT2D eigenvalue weighted by Gasteiger charge is 2.34. The smallest absolute Gasteiger partial charge is 0.231 e. The van der Waals surface area contributed by atoms with Gasteiger partial charge in [-0.1, -0.05) is 30.3 Å². The van der Waals surface area contributed by atoms with Gasteiger partial charge >= 0.3 is 0 Å². The fraction of sp³-hybridized carbons (Fsp3) is 0.261. The Bertz CT molecular complexity index is 1120. The summed E-state index contributed by atoms with van der Waals surface area (Å²) in [4.78, 5) is 31.4. The van der Waals surface area contributed by atoms with Crippen molar-refractivity contribution < 1.29 is 19.1 Å². The number of hydrogen-bond acceptors (Lipinski definition) is 6. The van der Waals surface area contributed by atoms with Gasteiger partial charge in [-0.05, 0) is 23.8 Å². The van der Waals surface area contributed by atoms with Crippen molar-refractivity contribution in [2.24, 2.45) is 5.92 Å². The van der Waals surface area contributed by atoms with Crippen LogP contribution in [0.2, 0.25) is 0 Å². The molecule has 2 aliphatic rings. The minimum absolute atomic E-state index is 0.000101. The molecule has 158 valence electrons. The van der Waals surface area contributed by atoms with E-state index in [0.717, 1.165) is 22.6 Å². The van der Waals surface area contributed by atoms with E-state index in [2.05, 4.69) is 10.3 Å². The fourth-order valence-corrected chi connectivity index (χ4v) is 4.50. The summed E-state index contributed by atoms with van der Waals surface area (Å²) < 4.78 is 11.2. The molecule has 2 amide bonds. The molecule has 1 unspecified atom stereocenters. The third kappa shape index (κ3) is 4.25. The normalized spacial score (nSPS) is 17.6. The number of nitrogens with one attached hydrogen (secondary N) is 1. The molecule has 0 radical (unpaired) electrons. The molecule has 1 atom stereocenters. The Morgan fingerprint density at radius 3 is 2.77 bits per heavy atom. The van der Waals surface area contributed by atoms with Crippen LogP contribution in [0.25, 0.3) is 11.3 Å². The molecule has 2 aliphatic heterocycles. The Labute approximate surface area is 183 Å². The number of ether oxygens (including phenoxy) is 2.